The van der Waals surface area contributed by atoms with Crippen LogP contribution in [-0.2, 0) is 0 Å². The highest BCUT2D eigenvalue weighted by Gasteiger charge is 2.29. The fourth-order valence-corrected chi connectivity index (χ4v) is 3.20. The van der Waals surface area contributed by atoms with E-state index in [9.17, 15) is 0 Å². The Labute approximate surface area is 106 Å². The monoisotopic (exact) mass is 242 g/mol. The molecule has 3 heteroatoms. The molecule has 0 amide bonds. The lowest BCUT2D eigenvalue weighted by Crippen LogP contribution is -2.45. The van der Waals surface area contributed by atoms with Crippen LogP contribution in [0.1, 0.15) is 52.4 Å². The maximum absolute atomic E-state index is 5.63. The summed E-state index contributed by atoms with van der Waals surface area (Å²) < 4.78 is 0. The Morgan fingerprint density at radius 1 is 1.44 bits per heavy atom. The molecule has 1 aliphatic rings. The van der Waals surface area contributed by atoms with Crippen molar-refractivity contribution in [1.29, 1.82) is 0 Å². The molecule has 2 N–H and O–H groups in total. The molecule has 2 nitrogen and oxygen atoms in total. The summed E-state index contributed by atoms with van der Waals surface area (Å²) in [7, 11) is 2.24. The molecule has 16 heavy (non-hydrogen) atoms. The van der Waals surface area contributed by atoms with Gasteiger partial charge in [0.15, 0.2) is 0 Å². The van der Waals surface area contributed by atoms with Crippen molar-refractivity contribution < 1.29 is 0 Å². The first-order valence-electron chi connectivity index (χ1n) is 6.56. The van der Waals surface area contributed by atoms with Crippen molar-refractivity contribution >= 4 is 17.2 Å². The summed E-state index contributed by atoms with van der Waals surface area (Å²) in [6.45, 7) is 4.55. The molecule has 0 bridgehead atoms. The second kappa shape index (κ2) is 6.55. The van der Waals surface area contributed by atoms with E-state index in [1.165, 1.54) is 32.1 Å². The van der Waals surface area contributed by atoms with Gasteiger partial charge in [0.1, 0.15) is 0 Å². The first-order valence-corrected chi connectivity index (χ1v) is 6.97. The van der Waals surface area contributed by atoms with Crippen LogP contribution in [-0.4, -0.2) is 29.0 Å². The molecule has 0 heterocycles. The van der Waals surface area contributed by atoms with E-state index < -0.39 is 0 Å². The number of hydrogen-bond acceptors (Lipinski definition) is 2. The van der Waals surface area contributed by atoms with Crippen molar-refractivity contribution in [3.05, 3.63) is 0 Å². The van der Waals surface area contributed by atoms with Gasteiger partial charge >= 0.3 is 0 Å². The van der Waals surface area contributed by atoms with Gasteiger partial charge in [-0.15, -0.1) is 0 Å². The minimum Gasteiger partial charge on any atom is -0.393 e. The van der Waals surface area contributed by atoms with Crippen LogP contribution < -0.4 is 5.73 Å². The van der Waals surface area contributed by atoms with Crippen LogP contribution in [0.3, 0.4) is 0 Å². The highest BCUT2D eigenvalue weighted by molar-refractivity contribution is 7.80. The third-order valence-electron chi connectivity index (χ3n) is 4.11. The molecule has 0 radical (unpaired) electrons. The highest BCUT2D eigenvalue weighted by Crippen LogP contribution is 2.31. The Bertz CT molecular complexity index is 230. The predicted molar refractivity (Wildman–Crippen MR) is 74.7 cm³/mol. The standard InChI is InChI=1S/C13H26N2S/c1-4-11-7-5-6-8-12(11)15(3)10(2)9-13(14)16/h10-12H,4-9H2,1-3H3,(H2,14,16). The van der Waals surface area contributed by atoms with Gasteiger partial charge in [-0.3, -0.25) is 0 Å². The molecule has 3 unspecified atom stereocenters. The maximum Gasteiger partial charge on any atom is 0.0742 e. The van der Waals surface area contributed by atoms with Crippen LogP contribution in [0, 0.1) is 5.92 Å². The molecule has 0 spiro atoms. The van der Waals surface area contributed by atoms with E-state index in [-0.39, 0.29) is 0 Å². The van der Waals surface area contributed by atoms with Crippen LogP contribution in [0.15, 0.2) is 0 Å². The van der Waals surface area contributed by atoms with Crippen molar-refractivity contribution in [3.8, 4) is 0 Å². The van der Waals surface area contributed by atoms with Crippen molar-refractivity contribution in [2.24, 2.45) is 11.7 Å². The Kier molecular flexibility index (Phi) is 5.70. The lowest BCUT2D eigenvalue weighted by atomic mass is 9.81. The molecule has 0 aromatic carbocycles. The zero-order chi connectivity index (χ0) is 12.1. The summed E-state index contributed by atoms with van der Waals surface area (Å²) in [5.74, 6) is 0.868. The second-order valence-electron chi connectivity index (χ2n) is 5.21. The van der Waals surface area contributed by atoms with Crippen molar-refractivity contribution in [2.45, 2.75) is 64.5 Å². The van der Waals surface area contributed by atoms with Gasteiger partial charge in [-0.1, -0.05) is 38.4 Å². The van der Waals surface area contributed by atoms with E-state index in [4.69, 9.17) is 18.0 Å². The number of hydrogen-bond donors (Lipinski definition) is 1. The second-order valence-corrected chi connectivity index (χ2v) is 5.73. The molecule has 0 saturated heterocycles. The quantitative estimate of drug-likeness (QED) is 0.752. The van der Waals surface area contributed by atoms with Crippen molar-refractivity contribution in [1.82, 2.24) is 4.90 Å². The Morgan fingerprint density at radius 2 is 2.06 bits per heavy atom. The Morgan fingerprint density at radius 3 is 2.62 bits per heavy atom. The van der Waals surface area contributed by atoms with E-state index >= 15 is 0 Å². The molecule has 1 fully saturated rings. The largest absolute Gasteiger partial charge is 0.393 e. The summed E-state index contributed by atoms with van der Waals surface area (Å²) in [6.07, 6.45) is 7.67. The molecule has 0 aromatic rings. The highest BCUT2D eigenvalue weighted by atomic mass is 32.1. The topological polar surface area (TPSA) is 29.3 Å². The lowest BCUT2D eigenvalue weighted by Gasteiger charge is -2.40. The van der Waals surface area contributed by atoms with Gasteiger partial charge in [0.05, 0.1) is 4.99 Å². The van der Waals surface area contributed by atoms with Gasteiger partial charge in [-0.05, 0) is 32.7 Å². The van der Waals surface area contributed by atoms with E-state index in [0.29, 0.717) is 11.0 Å². The summed E-state index contributed by atoms with van der Waals surface area (Å²) in [4.78, 5) is 3.15. The number of thiocarbonyl (C=S) groups is 1. The first kappa shape index (κ1) is 13.9. The van der Waals surface area contributed by atoms with E-state index in [0.717, 1.165) is 18.4 Å². The molecule has 0 aliphatic heterocycles. The van der Waals surface area contributed by atoms with Gasteiger partial charge in [0.25, 0.3) is 0 Å². The Balaban J connectivity index is 2.55. The van der Waals surface area contributed by atoms with Gasteiger partial charge < -0.3 is 10.6 Å². The van der Waals surface area contributed by atoms with Crippen LogP contribution in [0.5, 0.6) is 0 Å². The average Bonchev–Trinajstić information content (AvgIpc) is 2.27. The maximum atomic E-state index is 5.63. The van der Waals surface area contributed by atoms with Gasteiger partial charge in [0, 0.05) is 18.5 Å². The van der Waals surface area contributed by atoms with Crippen LogP contribution in [0.2, 0.25) is 0 Å². The molecule has 3 atom stereocenters. The molecule has 1 rings (SSSR count). The van der Waals surface area contributed by atoms with Crippen molar-refractivity contribution in [3.63, 3.8) is 0 Å². The molecule has 94 valence electrons. The summed E-state index contributed by atoms with van der Waals surface area (Å²) >= 11 is 5.00. The summed E-state index contributed by atoms with van der Waals surface area (Å²) in [5, 5.41) is 0. The first-order chi connectivity index (χ1) is 7.56. The van der Waals surface area contributed by atoms with E-state index in [1.807, 2.05) is 0 Å². The van der Waals surface area contributed by atoms with E-state index in [1.54, 1.807) is 0 Å². The zero-order valence-corrected chi connectivity index (χ0v) is 11.7. The number of nitrogens with zero attached hydrogens (tertiary/aromatic N) is 1. The predicted octanol–water partition coefficient (Wildman–Crippen LogP) is 2.95. The van der Waals surface area contributed by atoms with Gasteiger partial charge in [0.2, 0.25) is 0 Å². The molecule has 1 aliphatic carbocycles. The van der Waals surface area contributed by atoms with E-state index in [2.05, 4.69) is 25.8 Å². The van der Waals surface area contributed by atoms with Crippen LogP contribution in [0.4, 0.5) is 0 Å². The fourth-order valence-electron chi connectivity index (χ4n) is 2.96. The summed E-state index contributed by atoms with van der Waals surface area (Å²) in [6, 6.07) is 1.22. The molecule has 0 aromatic heterocycles. The molecule has 1 saturated carbocycles. The SMILES string of the molecule is CCC1CCCCC1N(C)C(C)CC(N)=S. The third-order valence-corrected chi connectivity index (χ3v) is 4.27. The van der Waals surface area contributed by atoms with Gasteiger partial charge in [-0.25, -0.2) is 0 Å². The summed E-state index contributed by atoms with van der Waals surface area (Å²) in [5.41, 5.74) is 5.63. The minimum atomic E-state index is 0.481. The average molecular weight is 242 g/mol. The molecular weight excluding hydrogens is 216 g/mol. The fraction of sp³-hybridized carbons (Fsp3) is 0.923. The smallest absolute Gasteiger partial charge is 0.0742 e. The van der Waals surface area contributed by atoms with Crippen LogP contribution in [0.25, 0.3) is 0 Å². The Hall–Kier alpha value is -0.150. The molecular formula is C13H26N2S. The third kappa shape index (κ3) is 3.70. The van der Waals surface area contributed by atoms with Gasteiger partial charge in [-0.2, -0.15) is 0 Å². The van der Waals surface area contributed by atoms with Crippen molar-refractivity contribution in [2.75, 3.05) is 7.05 Å². The minimum absolute atomic E-state index is 0.481. The number of rotatable bonds is 5. The normalized spacial score (nSPS) is 28.0. The zero-order valence-electron chi connectivity index (χ0n) is 10.9. The lowest BCUT2D eigenvalue weighted by molar-refractivity contribution is 0.0959. The van der Waals surface area contributed by atoms with Crippen LogP contribution >= 0.6 is 12.2 Å². The number of nitrogens with two attached hydrogens (primary N) is 1.